The number of amides is 1. The number of benzene rings is 1. The van der Waals surface area contributed by atoms with E-state index in [9.17, 15) is 4.79 Å². The van der Waals surface area contributed by atoms with Gasteiger partial charge in [-0.3, -0.25) is 9.20 Å². The van der Waals surface area contributed by atoms with Crippen molar-refractivity contribution in [3.8, 4) is 16.9 Å². The average Bonchev–Trinajstić information content (AvgIpc) is 3.12. The molecule has 6 nitrogen and oxygen atoms in total. The fraction of sp³-hybridized carbons (Fsp3) is 0.150. The predicted molar refractivity (Wildman–Crippen MR) is 100 cm³/mol. The third kappa shape index (κ3) is 2.56. The summed E-state index contributed by atoms with van der Waals surface area (Å²) in [5.74, 6) is -0.457. The Morgan fingerprint density at radius 2 is 1.88 bits per heavy atom. The van der Waals surface area contributed by atoms with Gasteiger partial charge in [0.2, 0.25) is 5.91 Å². The lowest BCUT2D eigenvalue weighted by molar-refractivity contribution is 0.100. The summed E-state index contributed by atoms with van der Waals surface area (Å²) in [5.41, 5.74) is 12.5. The van der Waals surface area contributed by atoms with E-state index < -0.39 is 5.91 Å². The Morgan fingerprint density at radius 3 is 2.58 bits per heavy atom. The van der Waals surface area contributed by atoms with E-state index in [1.54, 1.807) is 12.1 Å². The molecular formula is C20H19N5O. The van der Waals surface area contributed by atoms with E-state index in [1.165, 1.54) is 0 Å². The summed E-state index contributed by atoms with van der Waals surface area (Å²) in [6.07, 6.45) is 1.83. The number of hydrogen-bond acceptors (Lipinski definition) is 3. The van der Waals surface area contributed by atoms with Crippen LogP contribution in [0.5, 0.6) is 0 Å². The van der Waals surface area contributed by atoms with E-state index in [0.29, 0.717) is 11.2 Å². The van der Waals surface area contributed by atoms with Gasteiger partial charge in [0.1, 0.15) is 5.65 Å². The summed E-state index contributed by atoms with van der Waals surface area (Å²) in [4.78, 5) is 16.0. The highest BCUT2D eigenvalue weighted by Crippen LogP contribution is 2.27. The molecule has 1 amide bonds. The van der Waals surface area contributed by atoms with Gasteiger partial charge in [0.25, 0.3) is 0 Å². The molecule has 2 N–H and O–H groups in total. The number of nitrogens with zero attached hydrogens (tertiary/aromatic N) is 4. The standard InChI is InChI=1S/C20H19N5O/c1-12-9-13(2)25(23-12)17-6-4-5-15(10-17)19-14(3)22-18-11-16(20(21)26)7-8-24(18)19/h4-11H,1-3H3,(H2,21,26). The van der Waals surface area contributed by atoms with Crippen LogP contribution < -0.4 is 5.73 Å². The van der Waals surface area contributed by atoms with Crippen LogP contribution in [0, 0.1) is 20.8 Å². The SMILES string of the molecule is Cc1cc(C)n(-c2cccc(-c3c(C)nc4cc(C(N)=O)ccn34)c2)n1. The average molecular weight is 345 g/mol. The van der Waals surface area contributed by atoms with Crippen molar-refractivity contribution in [1.82, 2.24) is 19.2 Å². The lowest BCUT2D eigenvalue weighted by Crippen LogP contribution is -2.11. The molecule has 0 atom stereocenters. The van der Waals surface area contributed by atoms with Gasteiger partial charge < -0.3 is 5.73 Å². The largest absolute Gasteiger partial charge is 0.366 e. The van der Waals surface area contributed by atoms with E-state index in [4.69, 9.17) is 5.73 Å². The van der Waals surface area contributed by atoms with Crippen LogP contribution in [0.3, 0.4) is 0 Å². The third-order valence-corrected chi connectivity index (χ3v) is 4.46. The molecule has 0 aliphatic carbocycles. The number of rotatable bonds is 3. The van der Waals surface area contributed by atoms with Crippen molar-refractivity contribution in [2.75, 3.05) is 0 Å². The Balaban J connectivity index is 1.88. The number of primary amides is 1. The number of carbonyl (C=O) groups excluding carboxylic acids is 1. The fourth-order valence-corrected chi connectivity index (χ4v) is 3.34. The summed E-state index contributed by atoms with van der Waals surface area (Å²) in [6.45, 7) is 5.98. The molecule has 3 heterocycles. The molecule has 4 aromatic rings. The van der Waals surface area contributed by atoms with Gasteiger partial charge in [-0.1, -0.05) is 12.1 Å². The minimum atomic E-state index is -0.457. The van der Waals surface area contributed by atoms with E-state index >= 15 is 0 Å². The fourth-order valence-electron chi connectivity index (χ4n) is 3.34. The summed E-state index contributed by atoms with van der Waals surface area (Å²) < 4.78 is 3.91. The first-order valence-electron chi connectivity index (χ1n) is 8.36. The van der Waals surface area contributed by atoms with E-state index in [2.05, 4.69) is 22.2 Å². The second-order valence-corrected chi connectivity index (χ2v) is 6.44. The predicted octanol–water partition coefficient (Wildman–Crippen LogP) is 3.21. The summed E-state index contributed by atoms with van der Waals surface area (Å²) in [5, 5.41) is 4.56. The maximum atomic E-state index is 11.4. The van der Waals surface area contributed by atoms with Gasteiger partial charge in [-0.2, -0.15) is 5.10 Å². The molecule has 0 saturated heterocycles. The zero-order chi connectivity index (χ0) is 18.4. The molecule has 6 heteroatoms. The minimum Gasteiger partial charge on any atom is -0.366 e. The number of hydrogen-bond donors (Lipinski definition) is 1. The van der Waals surface area contributed by atoms with Crippen molar-refractivity contribution < 1.29 is 4.79 Å². The Labute approximate surface area is 150 Å². The van der Waals surface area contributed by atoms with E-state index in [1.807, 2.05) is 54.2 Å². The van der Waals surface area contributed by atoms with Crippen LogP contribution in [0.25, 0.3) is 22.6 Å². The maximum absolute atomic E-state index is 11.4. The lowest BCUT2D eigenvalue weighted by Gasteiger charge is -2.08. The maximum Gasteiger partial charge on any atom is 0.248 e. The number of carbonyl (C=O) groups is 1. The molecule has 1 aromatic carbocycles. The number of pyridine rings is 1. The molecule has 0 aliphatic rings. The van der Waals surface area contributed by atoms with Gasteiger partial charge in [-0.15, -0.1) is 0 Å². The summed E-state index contributed by atoms with van der Waals surface area (Å²) in [7, 11) is 0. The molecule has 0 unspecified atom stereocenters. The van der Waals surface area contributed by atoms with Crippen LogP contribution in [0.4, 0.5) is 0 Å². The summed E-state index contributed by atoms with van der Waals surface area (Å²) in [6, 6.07) is 13.7. The molecule has 3 aromatic heterocycles. The second kappa shape index (κ2) is 5.84. The second-order valence-electron chi connectivity index (χ2n) is 6.44. The minimum absolute atomic E-state index is 0.449. The topological polar surface area (TPSA) is 78.2 Å². The van der Waals surface area contributed by atoms with Crippen LogP contribution >= 0.6 is 0 Å². The molecule has 0 bridgehead atoms. The highest BCUT2D eigenvalue weighted by molar-refractivity contribution is 5.93. The molecule has 0 fully saturated rings. The Bertz CT molecular complexity index is 1150. The first kappa shape index (κ1) is 16.1. The number of nitrogens with two attached hydrogens (primary N) is 1. The van der Waals surface area contributed by atoms with Crippen molar-refractivity contribution in [1.29, 1.82) is 0 Å². The number of fused-ring (bicyclic) bond motifs is 1. The zero-order valence-electron chi connectivity index (χ0n) is 14.9. The first-order chi connectivity index (χ1) is 12.4. The normalized spacial score (nSPS) is 11.2. The zero-order valence-corrected chi connectivity index (χ0v) is 14.9. The molecule has 4 rings (SSSR count). The lowest BCUT2D eigenvalue weighted by atomic mass is 10.1. The smallest absolute Gasteiger partial charge is 0.248 e. The molecule has 0 saturated carbocycles. The number of aryl methyl sites for hydroxylation is 3. The van der Waals surface area contributed by atoms with Crippen LogP contribution in [0.2, 0.25) is 0 Å². The molecule has 0 aliphatic heterocycles. The highest BCUT2D eigenvalue weighted by Gasteiger charge is 2.14. The van der Waals surface area contributed by atoms with Gasteiger partial charge in [0.15, 0.2) is 0 Å². The first-order valence-corrected chi connectivity index (χ1v) is 8.36. The van der Waals surface area contributed by atoms with Gasteiger partial charge in [-0.05, 0) is 51.1 Å². The molecule has 130 valence electrons. The monoisotopic (exact) mass is 345 g/mol. The van der Waals surface area contributed by atoms with Crippen LogP contribution in [-0.2, 0) is 0 Å². The van der Waals surface area contributed by atoms with Gasteiger partial charge in [0.05, 0.1) is 22.8 Å². The van der Waals surface area contributed by atoms with E-state index in [-0.39, 0.29) is 0 Å². The van der Waals surface area contributed by atoms with Gasteiger partial charge in [0, 0.05) is 23.0 Å². The van der Waals surface area contributed by atoms with Crippen LogP contribution in [0.1, 0.15) is 27.4 Å². The van der Waals surface area contributed by atoms with Crippen molar-refractivity contribution in [2.24, 2.45) is 5.73 Å². The third-order valence-electron chi connectivity index (χ3n) is 4.46. The van der Waals surface area contributed by atoms with Crippen LogP contribution in [-0.4, -0.2) is 25.1 Å². The van der Waals surface area contributed by atoms with E-state index in [0.717, 1.165) is 34.0 Å². The number of aromatic nitrogens is 4. The van der Waals surface area contributed by atoms with Crippen molar-refractivity contribution in [3.05, 3.63) is 71.3 Å². The van der Waals surface area contributed by atoms with Crippen molar-refractivity contribution in [2.45, 2.75) is 20.8 Å². The molecule has 26 heavy (non-hydrogen) atoms. The van der Waals surface area contributed by atoms with Crippen molar-refractivity contribution >= 4 is 11.6 Å². The number of imidazole rings is 1. The molecule has 0 spiro atoms. The summed E-state index contributed by atoms with van der Waals surface area (Å²) >= 11 is 0. The molecule has 0 radical (unpaired) electrons. The Kier molecular flexibility index (Phi) is 3.61. The van der Waals surface area contributed by atoms with Gasteiger partial charge >= 0.3 is 0 Å². The Hall–Kier alpha value is -3.41. The molecular weight excluding hydrogens is 326 g/mol. The van der Waals surface area contributed by atoms with Crippen LogP contribution in [0.15, 0.2) is 48.7 Å². The van der Waals surface area contributed by atoms with Gasteiger partial charge in [-0.25, -0.2) is 9.67 Å². The Morgan fingerprint density at radius 1 is 1.08 bits per heavy atom. The quantitative estimate of drug-likeness (QED) is 0.619. The van der Waals surface area contributed by atoms with Crippen molar-refractivity contribution in [3.63, 3.8) is 0 Å². The highest BCUT2D eigenvalue weighted by atomic mass is 16.1.